The van der Waals surface area contributed by atoms with Crippen LogP contribution in [0.5, 0.6) is 0 Å². The number of rotatable bonds is 4. The Morgan fingerprint density at radius 1 is 1.19 bits per heavy atom. The predicted octanol–water partition coefficient (Wildman–Crippen LogP) is 4.06. The number of nitrogens with zero attached hydrogens (tertiary/aromatic N) is 5. The second-order valence-electron chi connectivity index (χ2n) is 7.07. The van der Waals surface area contributed by atoms with E-state index in [0.717, 1.165) is 11.4 Å². The molecule has 0 spiro atoms. The first-order chi connectivity index (χ1) is 15.1. The maximum Gasteiger partial charge on any atom is 0.338 e. The van der Waals surface area contributed by atoms with Crippen LogP contribution in [0.4, 0.5) is 5.82 Å². The molecule has 0 radical (unpaired) electrons. The van der Waals surface area contributed by atoms with Crippen LogP contribution >= 0.6 is 11.6 Å². The molecule has 9 heteroatoms. The van der Waals surface area contributed by atoms with Gasteiger partial charge in [0.15, 0.2) is 0 Å². The van der Waals surface area contributed by atoms with Crippen LogP contribution in [0.25, 0.3) is 22.2 Å². The van der Waals surface area contributed by atoms with Gasteiger partial charge < -0.3 is 10.3 Å². The maximum atomic E-state index is 13.4. The number of benzene rings is 1. The van der Waals surface area contributed by atoms with E-state index >= 15 is 0 Å². The van der Waals surface area contributed by atoms with E-state index in [1.807, 2.05) is 43.3 Å². The van der Waals surface area contributed by atoms with Crippen LogP contribution in [0.2, 0.25) is 5.15 Å². The van der Waals surface area contributed by atoms with Crippen molar-refractivity contribution in [2.75, 3.05) is 5.32 Å². The van der Waals surface area contributed by atoms with E-state index < -0.39 is 0 Å². The maximum absolute atomic E-state index is 13.4. The summed E-state index contributed by atoms with van der Waals surface area (Å²) in [5.74, 6) is 0.510. The van der Waals surface area contributed by atoms with Crippen molar-refractivity contribution in [3.05, 3.63) is 87.9 Å². The standard InChI is InChI=1S/C22H16ClN7O/c1-13(28-21-19-14(10-24)11-25-20(19)26-12-27-21)17-9-16-7-8-18(23)30(16)22(31)29(17)15-5-3-2-4-6-15/h2-9,11-13H,1H3,(H2,25,26,27,28). The summed E-state index contributed by atoms with van der Waals surface area (Å²) in [6, 6.07) is 16.6. The lowest BCUT2D eigenvalue weighted by atomic mass is 10.1. The Balaban J connectivity index is 1.69. The number of para-hydroxylation sites is 1. The minimum atomic E-state index is -0.328. The Morgan fingerprint density at radius 3 is 2.77 bits per heavy atom. The molecule has 0 aliphatic rings. The number of aromatic nitrogens is 5. The molecule has 8 nitrogen and oxygen atoms in total. The molecule has 152 valence electrons. The first-order valence-electron chi connectivity index (χ1n) is 9.55. The van der Waals surface area contributed by atoms with Gasteiger partial charge in [-0.25, -0.2) is 14.8 Å². The molecule has 0 aliphatic heterocycles. The number of nitriles is 1. The van der Waals surface area contributed by atoms with Crippen LogP contribution in [-0.4, -0.2) is 23.9 Å². The van der Waals surface area contributed by atoms with Gasteiger partial charge in [-0.05, 0) is 37.3 Å². The van der Waals surface area contributed by atoms with Gasteiger partial charge in [0.2, 0.25) is 0 Å². The summed E-state index contributed by atoms with van der Waals surface area (Å²) in [7, 11) is 0. The molecule has 31 heavy (non-hydrogen) atoms. The Morgan fingerprint density at radius 2 is 2.00 bits per heavy atom. The van der Waals surface area contributed by atoms with E-state index in [-0.39, 0.29) is 11.7 Å². The van der Waals surface area contributed by atoms with E-state index in [4.69, 9.17) is 11.6 Å². The summed E-state index contributed by atoms with van der Waals surface area (Å²) in [6.45, 7) is 1.93. The van der Waals surface area contributed by atoms with Gasteiger partial charge in [-0.2, -0.15) is 5.26 Å². The van der Waals surface area contributed by atoms with Crippen LogP contribution in [0.15, 0.2) is 65.8 Å². The molecule has 0 fully saturated rings. The Bertz CT molecular complexity index is 1530. The third kappa shape index (κ3) is 3.03. The topological polar surface area (TPSA) is 104 Å². The van der Waals surface area contributed by atoms with Crippen LogP contribution in [0.3, 0.4) is 0 Å². The molecule has 0 saturated heterocycles. The highest BCUT2D eigenvalue weighted by molar-refractivity contribution is 6.30. The number of fused-ring (bicyclic) bond motifs is 2. The molecule has 1 atom stereocenters. The third-order valence-electron chi connectivity index (χ3n) is 5.20. The number of H-pyrrole nitrogens is 1. The summed E-state index contributed by atoms with van der Waals surface area (Å²) in [4.78, 5) is 24.9. The molecule has 0 saturated carbocycles. The molecule has 1 unspecified atom stereocenters. The molecule has 0 bridgehead atoms. The molecule has 5 aromatic rings. The van der Waals surface area contributed by atoms with Gasteiger partial charge in [-0.3, -0.25) is 8.97 Å². The van der Waals surface area contributed by atoms with E-state index in [9.17, 15) is 10.1 Å². The zero-order valence-electron chi connectivity index (χ0n) is 16.4. The normalized spacial score (nSPS) is 12.2. The number of hydrogen-bond acceptors (Lipinski definition) is 5. The van der Waals surface area contributed by atoms with Crippen molar-refractivity contribution in [3.8, 4) is 11.8 Å². The Hall–Kier alpha value is -4.09. The smallest absolute Gasteiger partial charge is 0.338 e. The Labute approximate surface area is 181 Å². The van der Waals surface area contributed by atoms with Crippen molar-refractivity contribution in [1.29, 1.82) is 5.26 Å². The molecule has 0 amide bonds. The molecular weight excluding hydrogens is 414 g/mol. The summed E-state index contributed by atoms with van der Waals surface area (Å²) < 4.78 is 3.09. The largest absolute Gasteiger partial charge is 0.361 e. The first kappa shape index (κ1) is 18.9. The molecule has 4 heterocycles. The van der Waals surface area contributed by atoms with Gasteiger partial charge in [0.05, 0.1) is 33.9 Å². The highest BCUT2D eigenvalue weighted by atomic mass is 35.5. The van der Waals surface area contributed by atoms with Gasteiger partial charge in [0.1, 0.15) is 29.0 Å². The minimum Gasteiger partial charge on any atom is -0.361 e. The summed E-state index contributed by atoms with van der Waals surface area (Å²) >= 11 is 6.27. The lowest BCUT2D eigenvalue weighted by Crippen LogP contribution is -2.30. The summed E-state index contributed by atoms with van der Waals surface area (Å²) in [5, 5.41) is 13.7. The van der Waals surface area contributed by atoms with Crippen molar-refractivity contribution < 1.29 is 0 Å². The van der Waals surface area contributed by atoms with Crippen molar-refractivity contribution in [2.45, 2.75) is 13.0 Å². The monoisotopic (exact) mass is 429 g/mol. The second-order valence-corrected chi connectivity index (χ2v) is 7.45. The van der Waals surface area contributed by atoms with Crippen LogP contribution in [0.1, 0.15) is 24.2 Å². The van der Waals surface area contributed by atoms with Crippen molar-refractivity contribution in [3.63, 3.8) is 0 Å². The quantitative estimate of drug-likeness (QED) is 0.448. The van der Waals surface area contributed by atoms with Gasteiger partial charge >= 0.3 is 5.69 Å². The van der Waals surface area contributed by atoms with Gasteiger partial charge in [0, 0.05) is 6.20 Å². The van der Waals surface area contributed by atoms with Crippen LogP contribution < -0.4 is 11.0 Å². The van der Waals surface area contributed by atoms with Crippen LogP contribution in [0, 0.1) is 11.3 Å². The fourth-order valence-electron chi connectivity index (χ4n) is 3.76. The molecule has 4 aromatic heterocycles. The third-order valence-corrected chi connectivity index (χ3v) is 5.50. The SMILES string of the molecule is CC(Nc1ncnc2[nH]cc(C#N)c12)c1cc2ccc(Cl)n2c(=O)n1-c1ccccc1. The minimum absolute atomic E-state index is 0.269. The molecular formula is C22H16ClN7O. The van der Waals surface area contributed by atoms with Gasteiger partial charge in [-0.15, -0.1) is 0 Å². The lowest BCUT2D eigenvalue weighted by Gasteiger charge is -2.21. The number of halogens is 1. The van der Waals surface area contributed by atoms with E-state index in [0.29, 0.717) is 33.1 Å². The fraction of sp³-hybridized carbons (Fsp3) is 0.0909. The number of nitrogens with one attached hydrogen (secondary N) is 2. The fourth-order valence-corrected chi connectivity index (χ4v) is 4.00. The molecule has 1 aromatic carbocycles. The van der Waals surface area contributed by atoms with Crippen molar-refractivity contribution in [2.24, 2.45) is 0 Å². The predicted molar refractivity (Wildman–Crippen MR) is 119 cm³/mol. The number of aromatic amines is 1. The summed E-state index contributed by atoms with van der Waals surface area (Å²) in [6.07, 6.45) is 3.03. The zero-order valence-corrected chi connectivity index (χ0v) is 17.1. The Kier molecular flexibility index (Phi) is 4.46. The van der Waals surface area contributed by atoms with Crippen LogP contribution in [-0.2, 0) is 0 Å². The molecule has 0 aliphatic carbocycles. The zero-order chi connectivity index (χ0) is 21.5. The van der Waals surface area contributed by atoms with E-state index in [1.54, 1.807) is 22.9 Å². The average molecular weight is 430 g/mol. The van der Waals surface area contributed by atoms with Gasteiger partial charge in [0.25, 0.3) is 0 Å². The van der Waals surface area contributed by atoms with E-state index in [2.05, 4.69) is 26.3 Å². The number of anilines is 1. The second kappa shape index (κ2) is 7.31. The average Bonchev–Trinajstić information content (AvgIpc) is 3.38. The van der Waals surface area contributed by atoms with Gasteiger partial charge in [-0.1, -0.05) is 29.8 Å². The highest BCUT2D eigenvalue weighted by Crippen LogP contribution is 2.28. The number of hydrogen-bond donors (Lipinski definition) is 2. The lowest BCUT2D eigenvalue weighted by molar-refractivity contribution is 0.741. The van der Waals surface area contributed by atoms with Crippen molar-refractivity contribution >= 4 is 34.0 Å². The first-order valence-corrected chi connectivity index (χ1v) is 9.93. The summed E-state index contributed by atoms with van der Waals surface area (Å²) in [5.41, 5.74) is 2.87. The molecule has 2 N–H and O–H groups in total. The highest BCUT2D eigenvalue weighted by Gasteiger charge is 2.20. The van der Waals surface area contributed by atoms with Crippen molar-refractivity contribution in [1.82, 2.24) is 23.9 Å². The molecule has 5 rings (SSSR count). The van der Waals surface area contributed by atoms with E-state index in [1.165, 1.54) is 10.7 Å².